The predicted octanol–water partition coefficient (Wildman–Crippen LogP) is 3.58. The molecule has 0 aliphatic heterocycles. The molecule has 0 fully saturated rings. The molecule has 0 heterocycles. The molecule has 1 rings (SSSR count). The number of hydrogen-bond acceptors (Lipinski definition) is 5. The number of benzene rings is 1. The van der Waals surface area contributed by atoms with Gasteiger partial charge in [-0.25, -0.2) is 9.59 Å². The van der Waals surface area contributed by atoms with Crippen LogP contribution in [0.25, 0.3) is 0 Å². The molecule has 0 aromatic heterocycles. The third-order valence-electron chi connectivity index (χ3n) is 3.05. The Morgan fingerprint density at radius 3 is 2.39 bits per heavy atom. The van der Waals surface area contributed by atoms with Crippen molar-refractivity contribution >= 4 is 18.3 Å². The van der Waals surface area contributed by atoms with E-state index in [9.17, 15) is 9.59 Å². The van der Waals surface area contributed by atoms with Gasteiger partial charge in [-0.05, 0) is 65.3 Å². The van der Waals surface area contributed by atoms with Gasteiger partial charge in [0.15, 0.2) is 0 Å². The Bertz CT molecular complexity index is 550. The highest BCUT2D eigenvalue weighted by Crippen LogP contribution is 2.23. The van der Waals surface area contributed by atoms with E-state index in [0.29, 0.717) is 11.4 Å². The van der Waals surface area contributed by atoms with Crippen LogP contribution in [-0.2, 0) is 14.3 Å². The molecule has 6 nitrogen and oxygen atoms in total. The summed E-state index contributed by atoms with van der Waals surface area (Å²) in [6, 6.07) is 5.26. The molecule has 0 bridgehead atoms. The fourth-order valence-corrected chi connectivity index (χ4v) is 1.75. The second-order valence-corrected chi connectivity index (χ2v) is 6.33. The minimum atomic E-state index is -0.553. The summed E-state index contributed by atoms with van der Waals surface area (Å²) in [5.74, 6) is 0.617. The molecule has 1 aromatic carbocycles. The first-order valence-electron chi connectivity index (χ1n) is 7.42. The highest BCUT2D eigenvalue weighted by Gasteiger charge is 2.18. The minimum Gasteiger partial charge on any atom is -0.487 e. The Balaban J connectivity index is 2.71. The largest absolute Gasteiger partial charge is 0.487 e. The molecule has 2 unspecified atom stereocenters. The Kier molecular flexibility index (Phi) is 6.42. The third kappa shape index (κ3) is 6.59. The maximum Gasteiger partial charge on any atom is 0.417 e. The second-order valence-electron chi connectivity index (χ2n) is 6.33. The number of anilines is 1. The van der Waals surface area contributed by atoms with E-state index in [1.54, 1.807) is 52.8 Å². The lowest BCUT2D eigenvalue weighted by atomic mass is 10.2. The van der Waals surface area contributed by atoms with Crippen molar-refractivity contribution in [3.8, 4) is 5.75 Å². The van der Waals surface area contributed by atoms with Crippen LogP contribution in [0.1, 0.15) is 40.2 Å². The Morgan fingerprint density at radius 1 is 1.22 bits per heavy atom. The molecule has 0 spiro atoms. The van der Waals surface area contributed by atoms with Gasteiger partial charge in [-0.2, -0.15) is 0 Å². The highest BCUT2D eigenvalue weighted by atomic mass is 16.6. The molecular formula is C17H24NO5. The van der Waals surface area contributed by atoms with Crippen LogP contribution < -0.4 is 10.1 Å². The van der Waals surface area contributed by atoms with E-state index in [1.165, 1.54) is 6.47 Å². The maximum absolute atomic E-state index is 11.8. The average Bonchev–Trinajstić information content (AvgIpc) is 2.40. The zero-order chi connectivity index (χ0) is 17.6. The molecule has 127 valence electrons. The Morgan fingerprint density at radius 2 is 1.87 bits per heavy atom. The SMILES string of the molecule is Cc1cc(OC(C)C(C)O[C]=O)ccc1NC(=O)OC(C)(C)C. The van der Waals surface area contributed by atoms with Gasteiger partial charge in [-0.15, -0.1) is 0 Å². The first-order chi connectivity index (χ1) is 10.6. The molecule has 23 heavy (non-hydrogen) atoms. The minimum absolute atomic E-state index is 0.319. The summed E-state index contributed by atoms with van der Waals surface area (Å²) in [5, 5.41) is 2.70. The smallest absolute Gasteiger partial charge is 0.417 e. The average molecular weight is 322 g/mol. The van der Waals surface area contributed by atoms with Gasteiger partial charge in [0, 0.05) is 5.69 Å². The lowest BCUT2D eigenvalue weighted by molar-refractivity contribution is 0.0635. The number of carbonyl (C=O) groups is 1. The molecule has 1 N–H and O–H groups in total. The summed E-state index contributed by atoms with van der Waals surface area (Å²) in [6.45, 7) is 12.2. The van der Waals surface area contributed by atoms with Gasteiger partial charge in [-0.3, -0.25) is 5.32 Å². The third-order valence-corrected chi connectivity index (χ3v) is 3.05. The predicted molar refractivity (Wildman–Crippen MR) is 87.4 cm³/mol. The zero-order valence-electron chi connectivity index (χ0n) is 14.4. The van der Waals surface area contributed by atoms with Crippen LogP contribution in [-0.4, -0.2) is 30.4 Å². The Hall–Kier alpha value is -2.24. The standard InChI is InChI=1S/C17H24NO5/c1-11-9-14(22-13(3)12(2)21-10-19)7-8-15(11)18-16(20)23-17(4,5)6/h7-9,12-13H,1-6H3,(H,18,20). The molecule has 0 saturated carbocycles. The number of nitrogens with one attached hydrogen (secondary N) is 1. The summed E-state index contributed by atoms with van der Waals surface area (Å²) in [5.41, 5.74) is 0.920. The van der Waals surface area contributed by atoms with Crippen LogP contribution in [0.15, 0.2) is 18.2 Å². The van der Waals surface area contributed by atoms with Crippen molar-refractivity contribution in [3.63, 3.8) is 0 Å². The highest BCUT2D eigenvalue weighted by molar-refractivity contribution is 5.86. The summed E-state index contributed by atoms with van der Waals surface area (Å²) in [4.78, 5) is 22.0. The van der Waals surface area contributed by atoms with Gasteiger partial charge in [0.05, 0.1) is 0 Å². The van der Waals surface area contributed by atoms with E-state index < -0.39 is 17.8 Å². The lowest BCUT2D eigenvalue weighted by Gasteiger charge is -2.21. The number of ether oxygens (including phenoxy) is 3. The van der Waals surface area contributed by atoms with Crippen molar-refractivity contribution in [2.45, 2.75) is 59.4 Å². The summed E-state index contributed by atoms with van der Waals surface area (Å²) < 4.78 is 15.6. The van der Waals surface area contributed by atoms with Gasteiger partial charge in [-0.1, -0.05) is 0 Å². The van der Waals surface area contributed by atoms with Crippen molar-refractivity contribution in [1.29, 1.82) is 0 Å². The molecule has 1 amide bonds. The van der Waals surface area contributed by atoms with Crippen molar-refractivity contribution < 1.29 is 23.8 Å². The van der Waals surface area contributed by atoms with Crippen LogP contribution in [0.2, 0.25) is 0 Å². The molecule has 1 aromatic rings. The van der Waals surface area contributed by atoms with E-state index in [-0.39, 0.29) is 6.10 Å². The summed E-state index contributed by atoms with van der Waals surface area (Å²) >= 11 is 0. The zero-order valence-corrected chi connectivity index (χ0v) is 14.4. The Labute approximate surface area is 137 Å². The first-order valence-corrected chi connectivity index (χ1v) is 7.42. The van der Waals surface area contributed by atoms with Gasteiger partial charge in [0.1, 0.15) is 23.6 Å². The van der Waals surface area contributed by atoms with Crippen LogP contribution in [0.3, 0.4) is 0 Å². The number of hydrogen-bond donors (Lipinski definition) is 1. The van der Waals surface area contributed by atoms with E-state index >= 15 is 0 Å². The summed E-state index contributed by atoms with van der Waals surface area (Å²) in [6.07, 6.45) is -1.24. The van der Waals surface area contributed by atoms with Crippen molar-refractivity contribution in [1.82, 2.24) is 0 Å². The summed E-state index contributed by atoms with van der Waals surface area (Å²) in [7, 11) is 0. The molecule has 0 aliphatic carbocycles. The van der Waals surface area contributed by atoms with Crippen LogP contribution in [0.5, 0.6) is 5.75 Å². The molecule has 0 saturated heterocycles. The number of carbonyl (C=O) groups excluding carboxylic acids is 2. The number of amides is 1. The van der Waals surface area contributed by atoms with E-state index in [2.05, 4.69) is 5.32 Å². The first kappa shape index (κ1) is 18.8. The quantitative estimate of drug-likeness (QED) is 0.866. The number of aryl methyl sites for hydroxylation is 1. The molecule has 1 radical (unpaired) electrons. The normalized spacial score (nSPS) is 13.7. The second kappa shape index (κ2) is 7.85. The van der Waals surface area contributed by atoms with Crippen LogP contribution in [0.4, 0.5) is 10.5 Å². The van der Waals surface area contributed by atoms with Crippen molar-refractivity contribution in [3.05, 3.63) is 23.8 Å². The number of rotatable bonds is 6. The lowest BCUT2D eigenvalue weighted by Crippen LogP contribution is -2.28. The van der Waals surface area contributed by atoms with Crippen LogP contribution in [0, 0.1) is 6.92 Å². The van der Waals surface area contributed by atoms with E-state index in [0.717, 1.165) is 5.56 Å². The van der Waals surface area contributed by atoms with Gasteiger partial charge in [0.25, 0.3) is 0 Å². The van der Waals surface area contributed by atoms with Gasteiger partial charge < -0.3 is 14.2 Å². The van der Waals surface area contributed by atoms with Crippen molar-refractivity contribution in [2.75, 3.05) is 5.32 Å². The molecular weight excluding hydrogens is 298 g/mol. The van der Waals surface area contributed by atoms with Gasteiger partial charge >= 0.3 is 12.6 Å². The monoisotopic (exact) mass is 322 g/mol. The van der Waals surface area contributed by atoms with Crippen molar-refractivity contribution in [2.24, 2.45) is 0 Å². The molecule has 2 atom stereocenters. The molecule has 6 heteroatoms. The fraction of sp³-hybridized carbons (Fsp3) is 0.529. The topological polar surface area (TPSA) is 73.9 Å². The van der Waals surface area contributed by atoms with Gasteiger partial charge in [0.2, 0.25) is 0 Å². The fourth-order valence-electron chi connectivity index (χ4n) is 1.75. The van der Waals surface area contributed by atoms with E-state index in [4.69, 9.17) is 14.2 Å². The van der Waals surface area contributed by atoms with Crippen LogP contribution >= 0.6 is 0 Å². The molecule has 0 aliphatic rings. The van der Waals surface area contributed by atoms with E-state index in [1.807, 2.05) is 6.92 Å². The maximum atomic E-state index is 11.8.